The molecule has 0 aromatic heterocycles. The third-order valence-corrected chi connectivity index (χ3v) is 5.92. The van der Waals surface area contributed by atoms with Crippen LogP contribution in [0.1, 0.15) is 5.56 Å². The van der Waals surface area contributed by atoms with E-state index in [1.807, 2.05) is 0 Å². The Balaban J connectivity index is 2.75. The van der Waals surface area contributed by atoms with Crippen LogP contribution in [0.4, 0.5) is 0 Å². The zero-order chi connectivity index (χ0) is 9.71. The van der Waals surface area contributed by atoms with Gasteiger partial charge in [-0.25, -0.2) is 0 Å². The SMILES string of the molecule is N=C1OI(O)(O)(O)c2ccccc21. The monoisotopic (exact) mass is 297 g/mol. The van der Waals surface area contributed by atoms with E-state index in [9.17, 15) is 10.3 Å². The summed E-state index contributed by atoms with van der Waals surface area (Å²) in [5, 5.41) is 7.26. The molecule has 0 saturated carbocycles. The first-order valence-corrected chi connectivity index (χ1v) is 8.24. The first kappa shape index (κ1) is 8.88. The van der Waals surface area contributed by atoms with E-state index in [1.165, 1.54) is 12.1 Å². The van der Waals surface area contributed by atoms with E-state index < -0.39 is 24.6 Å². The third kappa shape index (κ3) is 1.22. The fourth-order valence-electron chi connectivity index (χ4n) is 1.16. The Kier molecular flexibility index (Phi) is 1.51. The van der Waals surface area contributed by atoms with Crippen LogP contribution in [0.25, 0.3) is 0 Å². The maximum atomic E-state index is 9.42. The number of nitrogens with one attached hydrogen (secondary N) is 1. The number of hydrogen-bond acceptors (Lipinski definition) is 5. The molecule has 0 radical (unpaired) electrons. The van der Waals surface area contributed by atoms with Crippen molar-refractivity contribution in [2.75, 3.05) is 0 Å². The Hall–Kier alpha value is -0.700. The summed E-state index contributed by atoms with van der Waals surface area (Å²) in [6, 6.07) is 6.02. The molecule has 4 N–H and O–H groups in total. The second-order valence-corrected chi connectivity index (χ2v) is 8.62. The number of hydrogen-bond donors (Lipinski definition) is 4. The Morgan fingerprint density at radius 1 is 1.15 bits per heavy atom. The summed E-state index contributed by atoms with van der Waals surface area (Å²) in [7, 11) is 0. The molecule has 0 fully saturated rings. The first-order chi connectivity index (χ1) is 5.88. The zero-order valence-corrected chi connectivity index (χ0v) is 8.59. The minimum atomic E-state index is -5.83. The molecule has 5 nitrogen and oxygen atoms in total. The van der Waals surface area contributed by atoms with Crippen LogP contribution < -0.4 is 0 Å². The van der Waals surface area contributed by atoms with E-state index in [4.69, 9.17) is 5.41 Å². The van der Waals surface area contributed by atoms with Gasteiger partial charge in [0.05, 0.1) is 0 Å². The van der Waals surface area contributed by atoms with Crippen molar-refractivity contribution in [1.82, 2.24) is 0 Å². The van der Waals surface area contributed by atoms with Crippen LogP contribution in [-0.2, 0) is 3.07 Å². The van der Waals surface area contributed by atoms with Gasteiger partial charge in [-0.3, -0.25) is 0 Å². The molecule has 6 heteroatoms. The molecule has 1 aliphatic heterocycles. The average molecular weight is 297 g/mol. The van der Waals surface area contributed by atoms with Gasteiger partial charge in [-0.2, -0.15) is 0 Å². The van der Waals surface area contributed by atoms with Gasteiger partial charge in [0.25, 0.3) is 0 Å². The van der Waals surface area contributed by atoms with Gasteiger partial charge in [0.1, 0.15) is 0 Å². The molecule has 13 heavy (non-hydrogen) atoms. The maximum absolute atomic E-state index is 9.42. The molecule has 0 atom stereocenters. The fraction of sp³-hybridized carbons (Fsp3) is 0. The van der Waals surface area contributed by atoms with Crippen LogP contribution in [0.2, 0.25) is 0 Å². The number of halogens is 1. The molecule has 0 amide bonds. The molecule has 1 aliphatic rings. The Morgan fingerprint density at radius 3 is 2.38 bits per heavy atom. The number of fused-ring (bicyclic) bond motifs is 1. The van der Waals surface area contributed by atoms with Crippen molar-refractivity contribution in [1.29, 1.82) is 5.41 Å². The van der Waals surface area contributed by atoms with Crippen LogP contribution >= 0.6 is 18.7 Å². The topological polar surface area (TPSA) is 93.8 Å². The van der Waals surface area contributed by atoms with Gasteiger partial charge >= 0.3 is 76.8 Å². The quantitative estimate of drug-likeness (QED) is 0.522. The molecule has 0 bridgehead atoms. The number of benzene rings is 1. The summed E-state index contributed by atoms with van der Waals surface area (Å²) in [6.45, 7) is 0. The molecule has 0 aliphatic carbocycles. The van der Waals surface area contributed by atoms with Crippen molar-refractivity contribution in [2.24, 2.45) is 0 Å². The van der Waals surface area contributed by atoms with Gasteiger partial charge in [-0.05, 0) is 0 Å². The van der Waals surface area contributed by atoms with Gasteiger partial charge in [-0.1, -0.05) is 0 Å². The van der Waals surface area contributed by atoms with Crippen molar-refractivity contribution in [3.8, 4) is 0 Å². The molecule has 1 heterocycles. The van der Waals surface area contributed by atoms with Gasteiger partial charge < -0.3 is 0 Å². The summed E-state index contributed by atoms with van der Waals surface area (Å²) in [4.78, 5) is 0. The standard InChI is InChI=1S/C7H8INO4/c9-7-5-3-1-2-4-6(5)8(10,11,12)13-7/h1-4,9-12H. The first-order valence-electron chi connectivity index (χ1n) is 3.38. The van der Waals surface area contributed by atoms with E-state index in [-0.39, 0.29) is 9.13 Å². The van der Waals surface area contributed by atoms with E-state index in [0.717, 1.165) is 0 Å². The van der Waals surface area contributed by atoms with Crippen molar-refractivity contribution >= 4 is 24.6 Å². The summed E-state index contributed by atoms with van der Waals surface area (Å²) < 4.78 is 32.6. The van der Waals surface area contributed by atoms with E-state index in [1.54, 1.807) is 12.1 Å². The van der Waals surface area contributed by atoms with Crippen LogP contribution in [0.3, 0.4) is 0 Å². The van der Waals surface area contributed by atoms with Crippen LogP contribution in [0, 0.1) is 8.98 Å². The van der Waals surface area contributed by atoms with Gasteiger partial charge in [0.15, 0.2) is 0 Å². The van der Waals surface area contributed by atoms with E-state index >= 15 is 0 Å². The van der Waals surface area contributed by atoms with E-state index in [2.05, 4.69) is 3.07 Å². The molecular weight excluding hydrogens is 289 g/mol. The normalized spacial score (nSPS) is 25.5. The molecule has 1 aromatic rings. The third-order valence-electron chi connectivity index (χ3n) is 1.69. The molecular formula is C7H8INO4. The average Bonchev–Trinajstić information content (AvgIpc) is 2.20. The predicted molar refractivity (Wildman–Crippen MR) is 53.7 cm³/mol. The zero-order valence-electron chi connectivity index (χ0n) is 6.44. The molecule has 0 spiro atoms. The minimum absolute atomic E-state index is 0.0574. The summed E-state index contributed by atoms with van der Waals surface area (Å²) in [6.07, 6.45) is 0. The van der Waals surface area contributed by atoms with Crippen molar-refractivity contribution in [2.45, 2.75) is 0 Å². The fourth-order valence-corrected chi connectivity index (χ4v) is 4.72. The van der Waals surface area contributed by atoms with Crippen LogP contribution in [-0.4, -0.2) is 16.2 Å². The molecule has 1 aromatic carbocycles. The van der Waals surface area contributed by atoms with E-state index in [0.29, 0.717) is 0 Å². The van der Waals surface area contributed by atoms with Gasteiger partial charge in [0, 0.05) is 0 Å². The predicted octanol–water partition coefficient (Wildman–Crippen LogP) is 0.426. The van der Waals surface area contributed by atoms with Crippen molar-refractivity contribution < 1.29 is 13.4 Å². The summed E-state index contributed by atoms with van der Waals surface area (Å²) >= 11 is -5.83. The molecule has 0 unspecified atom stereocenters. The van der Waals surface area contributed by atoms with Crippen molar-refractivity contribution in [3.63, 3.8) is 0 Å². The molecule has 2 rings (SSSR count). The second-order valence-electron chi connectivity index (χ2n) is 2.65. The molecule has 0 saturated heterocycles. The van der Waals surface area contributed by atoms with Gasteiger partial charge in [0.2, 0.25) is 0 Å². The summed E-state index contributed by atoms with van der Waals surface area (Å²) in [5.74, 6) is -0.391. The summed E-state index contributed by atoms with van der Waals surface area (Å²) in [5.41, 5.74) is 0.240. The van der Waals surface area contributed by atoms with Gasteiger partial charge in [-0.15, -0.1) is 0 Å². The Morgan fingerprint density at radius 2 is 1.77 bits per heavy atom. The van der Waals surface area contributed by atoms with Crippen LogP contribution in [0.5, 0.6) is 0 Å². The Labute approximate surface area is 76.9 Å². The second kappa shape index (κ2) is 2.21. The Bertz CT molecular complexity index is 395. The van der Waals surface area contributed by atoms with Crippen molar-refractivity contribution in [3.05, 3.63) is 33.4 Å². The van der Waals surface area contributed by atoms with Crippen LogP contribution in [0.15, 0.2) is 24.3 Å². The number of rotatable bonds is 0. The molecule has 72 valence electrons.